The Balaban J connectivity index is 1.72. The lowest BCUT2D eigenvalue weighted by molar-refractivity contribution is -0.134. The molecule has 1 saturated carbocycles. The van der Waals surface area contributed by atoms with Crippen LogP contribution < -0.4 is 5.32 Å². The summed E-state index contributed by atoms with van der Waals surface area (Å²) in [5.41, 5.74) is 0.382. The molecule has 1 aliphatic carbocycles. The number of amides is 1. The Morgan fingerprint density at radius 3 is 2.73 bits per heavy atom. The average Bonchev–Trinajstić information content (AvgIpc) is 3.21. The predicted molar refractivity (Wildman–Crippen MR) is 80.2 cm³/mol. The Bertz CT molecular complexity index is 584. The fourth-order valence-corrected chi connectivity index (χ4v) is 3.65. The van der Waals surface area contributed by atoms with Crippen molar-refractivity contribution >= 4 is 5.91 Å². The van der Waals surface area contributed by atoms with Crippen molar-refractivity contribution in [3.05, 3.63) is 35.4 Å². The molecular formula is C17H22F2N2O. The van der Waals surface area contributed by atoms with Crippen molar-refractivity contribution in [2.45, 2.75) is 32.2 Å². The predicted octanol–water partition coefficient (Wildman–Crippen LogP) is 2.87. The normalized spacial score (nSPS) is 24.1. The first kappa shape index (κ1) is 15.4. The SMILES string of the molecule is CC(c1cc(F)ccc1F)N(C)C(=O)C1CC12CCNCC2. The number of carbonyl (C=O) groups excluding carboxylic acids is 1. The van der Waals surface area contributed by atoms with E-state index in [9.17, 15) is 13.6 Å². The molecule has 22 heavy (non-hydrogen) atoms. The number of hydrogen-bond donors (Lipinski definition) is 1. The van der Waals surface area contributed by atoms with Gasteiger partial charge in [-0.25, -0.2) is 8.78 Å². The van der Waals surface area contributed by atoms with Crippen molar-refractivity contribution in [1.82, 2.24) is 10.2 Å². The number of piperidine rings is 1. The molecular weight excluding hydrogens is 286 g/mol. The summed E-state index contributed by atoms with van der Waals surface area (Å²) in [5, 5.41) is 3.32. The maximum atomic E-state index is 13.9. The van der Waals surface area contributed by atoms with Gasteiger partial charge in [0.05, 0.1) is 6.04 Å². The first-order valence-electron chi connectivity index (χ1n) is 7.87. The quantitative estimate of drug-likeness (QED) is 0.931. The Labute approximate surface area is 129 Å². The first-order chi connectivity index (χ1) is 10.4. The molecule has 1 heterocycles. The average molecular weight is 308 g/mol. The second-order valence-corrected chi connectivity index (χ2v) is 6.66. The number of halogens is 2. The minimum absolute atomic E-state index is 0.0404. The minimum atomic E-state index is -0.481. The highest BCUT2D eigenvalue weighted by Crippen LogP contribution is 2.59. The number of hydrogen-bond acceptors (Lipinski definition) is 2. The summed E-state index contributed by atoms with van der Waals surface area (Å²) in [6, 6.07) is 2.92. The van der Waals surface area contributed by atoms with Crippen molar-refractivity contribution in [2.24, 2.45) is 11.3 Å². The zero-order valence-electron chi connectivity index (χ0n) is 13.0. The number of benzene rings is 1. The van der Waals surface area contributed by atoms with Crippen LogP contribution in [0.4, 0.5) is 8.78 Å². The lowest BCUT2D eigenvalue weighted by Gasteiger charge is -2.28. The lowest BCUT2D eigenvalue weighted by Crippen LogP contribution is -2.36. The van der Waals surface area contributed by atoms with E-state index in [1.165, 1.54) is 6.07 Å². The van der Waals surface area contributed by atoms with E-state index >= 15 is 0 Å². The summed E-state index contributed by atoms with van der Waals surface area (Å²) in [4.78, 5) is 14.2. The standard InChI is InChI=1S/C17H22F2N2O/c1-11(13-9-12(18)3-4-15(13)19)21(2)16(22)14-10-17(14)5-7-20-8-6-17/h3-4,9,11,14,20H,5-8,10H2,1-2H3. The van der Waals surface area contributed by atoms with E-state index < -0.39 is 17.7 Å². The summed E-state index contributed by atoms with van der Waals surface area (Å²) < 4.78 is 27.2. The van der Waals surface area contributed by atoms with E-state index in [2.05, 4.69) is 5.32 Å². The summed E-state index contributed by atoms with van der Waals surface area (Å²) in [6.07, 6.45) is 2.98. The van der Waals surface area contributed by atoms with Gasteiger partial charge in [0.2, 0.25) is 5.91 Å². The molecule has 1 aromatic carbocycles. The molecule has 0 bridgehead atoms. The van der Waals surface area contributed by atoms with Crippen LogP contribution >= 0.6 is 0 Å². The molecule has 1 N–H and O–H groups in total. The van der Waals surface area contributed by atoms with E-state index in [1.54, 1.807) is 18.9 Å². The van der Waals surface area contributed by atoms with Gasteiger partial charge in [-0.05, 0) is 62.9 Å². The molecule has 2 atom stereocenters. The van der Waals surface area contributed by atoms with Gasteiger partial charge in [0.1, 0.15) is 11.6 Å². The topological polar surface area (TPSA) is 32.3 Å². The van der Waals surface area contributed by atoms with Crippen LogP contribution in [-0.4, -0.2) is 30.9 Å². The largest absolute Gasteiger partial charge is 0.339 e. The summed E-state index contributed by atoms with van der Waals surface area (Å²) >= 11 is 0. The van der Waals surface area contributed by atoms with E-state index in [1.807, 2.05) is 0 Å². The molecule has 3 nitrogen and oxygen atoms in total. The van der Waals surface area contributed by atoms with Crippen molar-refractivity contribution in [3.8, 4) is 0 Å². The van der Waals surface area contributed by atoms with Crippen molar-refractivity contribution in [3.63, 3.8) is 0 Å². The van der Waals surface area contributed by atoms with Crippen LogP contribution in [0.5, 0.6) is 0 Å². The van der Waals surface area contributed by atoms with Crippen LogP contribution in [0.15, 0.2) is 18.2 Å². The van der Waals surface area contributed by atoms with Gasteiger partial charge in [0.25, 0.3) is 0 Å². The molecule has 0 aromatic heterocycles. The number of nitrogens with one attached hydrogen (secondary N) is 1. The lowest BCUT2D eigenvalue weighted by atomic mass is 9.91. The summed E-state index contributed by atoms with van der Waals surface area (Å²) in [6.45, 7) is 3.66. The third-order valence-electron chi connectivity index (χ3n) is 5.42. The Hall–Kier alpha value is -1.49. The van der Waals surface area contributed by atoms with E-state index in [0.717, 1.165) is 44.5 Å². The van der Waals surface area contributed by atoms with Crippen molar-refractivity contribution < 1.29 is 13.6 Å². The van der Waals surface area contributed by atoms with Gasteiger partial charge in [-0.2, -0.15) is 0 Å². The minimum Gasteiger partial charge on any atom is -0.339 e. The molecule has 1 aliphatic heterocycles. The molecule has 1 amide bonds. The third-order valence-corrected chi connectivity index (χ3v) is 5.42. The fraction of sp³-hybridized carbons (Fsp3) is 0.588. The van der Waals surface area contributed by atoms with Crippen LogP contribution in [-0.2, 0) is 4.79 Å². The molecule has 2 unspecified atom stereocenters. The Morgan fingerprint density at radius 1 is 1.36 bits per heavy atom. The molecule has 1 spiro atoms. The van der Waals surface area contributed by atoms with Gasteiger partial charge >= 0.3 is 0 Å². The molecule has 1 aromatic rings. The van der Waals surface area contributed by atoms with Gasteiger partial charge in [0, 0.05) is 18.5 Å². The monoisotopic (exact) mass is 308 g/mol. The molecule has 120 valence electrons. The molecule has 0 radical (unpaired) electrons. The van der Waals surface area contributed by atoms with E-state index in [-0.39, 0.29) is 22.8 Å². The molecule has 2 aliphatic rings. The number of carbonyl (C=O) groups is 1. The van der Waals surface area contributed by atoms with Crippen LogP contribution in [0.25, 0.3) is 0 Å². The van der Waals surface area contributed by atoms with Gasteiger partial charge in [0.15, 0.2) is 0 Å². The van der Waals surface area contributed by atoms with Gasteiger partial charge in [-0.15, -0.1) is 0 Å². The maximum absolute atomic E-state index is 13.9. The van der Waals surface area contributed by atoms with Crippen molar-refractivity contribution in [1.29, 1.82) is 0 Å². The zero-order chi connectivity index (χ0) is 15.9. The number of rotatable bonds is 3. The first-order valence-corrected chi connectivity index (χ1v) is 7.87. The maximum Gasteiger partial charge on any atom is 0.226 e. The highest BCUT2D eigenvalue weighted by atomic mass is 19.1. The molecule has 3 rings (SSSR count). The number of nitrogens with zero attached hydrogens (tertiary/aromatic N) is 1. The van der Waals surface area contributed by atoms with Crippen LogP contribution in [0, 0.1) is 23.0 Å². The molecule has 5 heteroatoms. The Kier molecular flexibility index (Phi) is 3.93. The van der Waals surface area contributed by atoms with E-state index in [0.29, 0.717) is 0 Å². The van der Waals surface area contributed by atoms with E-state index in [4.69, 9.17) is 0 Å². The van der Waals surface area contributed by atoms with Crippen LogP contribution in [0.2, 0.25) is 0 Å². The van der Waals surface area contributed by atoms with Crippen LogP contribution in [0.1, 0.15) is 37.8 Å². The zero-order valence-corrected chi connectivity index (χ0v) is 13.0. The summed E-state index contributed by atoms with van der Waals surface area (Å²) in [7, 11) is 1.68. The fourth-order valence-electron chi connectivity index (χ4n) is 3.65. The Morgan fingerprint density at radius 2 is 2.05 bits per heavy atom. The highest BCUT2D eigenvalue weighted by Gasteiger charge is 2.58. The highest BCUT2D eigenvalue weighted by molar-refractivity contribution is 5.83. The third kappa shape index (κ3) is 2.62. The van der Waals surface area contributed by atoms with Crippen molar-refractivity contribution in [2.75, 3.05) is 20.1 Å². The summed E-state index contributed by atoms with van der Waals surface area (Å²) in [5.74, 6) is -0.858. The smallest absolute Gasteiger partial charge is 0.226 e. The second-order valence-electron chi connectivity index (χ2n) is 6.66. The van der Waals surface area contributed by atoms with Crippen LogP contribution in [0.3, 0.4) is 0 Å². The second kappa shape index (κ2) is 5.61. The van der Waals surface area contributed by atoms with Gasteiger partial charge in [-0.1, -0.05) is 0 Å². The molecule has 1 saturated heterocycles. The molecule has 2 fully saturated rings. The van der Waals surface area contributed by atoms with Gasteiger partial charge < -0.3 is 10.2 Å². The van der Waals surface area contributed by atoms with Gasteiger partial charge in [-0.3, -0.25) is 4.79 Å².